The van der Waals surface area contributed by atoms with Crippen LogP contribution in [0.25, 0.3) is 11.3 Å². The number of carbonyl (C=O) groups is 1. The Kier molecular flexibility index (Phi) is 5.69. The summed E-state index contributed by atoms with van der Waals surface area (Å²) in [5, 5.41) is 26.6. The Morgan fingerprint density at radius 1 is 1.41 bits per heavy atom. The molecule has 0 radical (unpaired) electrons. The fourth-order valence-electron chi connectivity index (χ4n) is 2.38. The Bertz CT molecular complexity index is 1190. The number of primary amides is 1. The largest absolute Gasteiger partial charge is 0.507 e. The fraction of sp³-hybridized carbons (Fsp3) is 0.0556. The monoisotopic (exact) mass is 413 g/mol. The molecule has 0 atom stereocenters. The molecule has 0 spiro atoms. The van der Waals surface area contributed by atoms with Gasteiger partial charge in [0.05, 0.1) is 30.1 Å². The normalized spacial score (nSPS) is 11.8. The second-order valence-corrected chi connectivity index (χ2v) is 6.46. The number of rotatable bonds is 7. The Balaban J connectivity index is 2.09. The van der Waals surface area contributed by atoms with Gasteiger partial charge >= 0.3 is 5.88 Å². The van der Waals surface area contributed by atoms with Gasteiger partial charge in [0.15, 0.2) is 5.76 Å². The van der Waals surface area contributed by atoms with E-state index in [1.54, 1.807) is 17.5 Å². The van der Waals surface area contributed by atoms with Crippen LogP contribution in [-0.2, 0) is 0 Å². The van der Waals surface area contributed by atoms with E-state index >= 15 is 0 Å². The highest BCUT2D eigenvalue weighted by Crippen LogP contribution is 2.26. The summed E-state index contributed by atoms with van der Waals surface area (Å²) < 4.78 is 6.56. The minimum atomic E-state index is -0.769. The summed E-state index contributed by atoms with van der Waals surface area (Å²) >= 11 is 1.29. The number of aromatic nitrogens is 1. The van der Waals surface area contributed by atoms with E-state index in [4.69, 9.17) is 10.2 Å². The van der Waals surface area contributed by atoms with E-state index in [1.807, 2.05) is 0 Å². The minimum absolute atomic E-state index is 0.0320. The van der Waals surface area contributed by atoms with Crippen LogP contribution < -0.4 is 10.5 Å². The molecule has 0 aliphatic carbocycles. The highest BCUT2D eigenvalue weighted by Gasteiger charge is 2.14. The van der Waals surface area contributed by atoms with Crippen molar-refractivity contribution in [1.29, 1.82) is 0 Å². The number of thiazole rings is 1. The molecule has 0 saturated heterocycles. The number of hydrogen-bond acceptors (Lipinski definition) is 8. The molecule has 2 aromatic heterocycles. The molecule has 0 aliphatic rings. The lowest BCUT2D eigenvalue weighted by molar-refractivity contribution is -0.402. The highest BCUT2D eigenvalue weighted by atomic mass is 32.1. The first-order valence-electron chi connectivity index (χ1n) is 8.14. The Morgan fingerprint density at radius 3 is 2.86 bits per heavy atom. The van der Waals surface area contributed by atoms with Crippen LogP contribution in [0.5, 0.6) is 5.75 Å². The zero-order valence-corrected chi connectivity index (χ0v) is 15.7. The summed E-state index contributed by atoms with van der Waals surface area (Å²) in [6, 6.07) is 7.05. The molecule has 0 bridgehead atoms. The van der Waals surface area contributed by atoms with Gasteiger partial charge in [-0.3, -0.25) is 19.9 Å². The standard InChI is InChI=1S/C18H15N5O5S/c1-2-7-20-18-22(21-9-12-4-6-16(28-12)23(26)27)14(10-29-18)11-3-5-15(24)13(8-11)17(19)25/h2-6,8-10,24H,1,7H2,(H2,19,25)/b20-18?,21-9+. The predicted molar refractivity (Wildman–Crippen MR) is 107 cm³/mol. The van der Waals surface area contributed by atoms with Gasteiger partial charge in [0.25, 0.3) is 5.91 Å². The van der Waals surface area contributed by atoms with E-state index in [1.165, 1.54) is 46.5 Å². The zero-order chi connectivity index (χ0) is 21.0. The van der Waals surface area contributed by atoms with Crippen LogP contribution in [0.2, 0.25) is 0 Å². The SMILES string of the molecule is C=CCN=c1scc(-c2ccc(O)c(C(N)=O)c2)n1/N=C/c1ccc([N+](=O)[O-])o1. The topological polar surface area (TPSA) is 149 Å². The van der Waals surface area contributed by atoms with Crippen molar-refractivity contribution < 1.29 is 19.2 Å². The highest BCUT2D eigenvalue weighted by molar-refractivity contribution is 7.07. The number of nitrogens with two attached hydrogens (primary N) is 1. The van der Waals surface area contributed by atoms with Gasteiger partial charge in [-0.25, -0.2) is 4.68 Å². The molecule has 3 N–H and O–H groups in total. The average Bonchev–Trinajstić information content (AvgIpc) is 3.32. The van der Waals surface area contributed by atoms with E-state index < -0.39 is 16.7 Å². The van der Waals surface area contributed by atoms with Crippen LogP contribution in [0.4, 0.5) is 5.88 Å². The van der Waals surface area contributed by atoms with Crippen molar-refractivity contribution >= 4 is 29.3 Å². The summed E-state index contributed by atoms with van der Waals surface area (Å²) in [4.78, 5) is 26.5. The third kappa shape index (κ3) is 4.30. The van der Waals surface area contributed by atoms with Crippen LogP contribution in [0.15, 0.2) is 62.9 Å². The molecule has 1 amide bonds. The van der Waals surface area contributed by atoms with Gasteiger partial charge in [-0.1, -0.05) is 6.08 Å². The summed E-state index contributed by atoms with van der Waals surface area (Å²) in [5.41, 5.74) is 6.40. The molecule has 0 unspecified atom stereocenters. The Labute approximate surface area is 167 Å². The quantitative estimate of drug-likeness (QED) is 0.264. The maximum absolute atomic E-state index is 11.5. The summed E-state index contributed by atoms with van der Waals surface area (Å²) in [6.07, 6.45) is 2.93. The molecular formula is C18H15N5O5S. The third-order valence-corrected chi connectivity index (χ3v) is 4.55. The molecule has 10 nitrogen and oxygen atoms in total. The average molecular weight is 413 g/mol. The van der Waals surface area contributed by atoms with Crippen molar-refractivity contribution in [1.82, 2.24) is 4.68 Å². The number of furan rings is 1. The number of aromatic hydroxyl groups is 1. The first-order chi connectivity index (χ1) is 13.9. The van der Waals surface area contributed by atoms with Gasteiger partial charge in [0.1, 0.15) is 10.7 Å². The van der Waals surface area contributed by atoms with Gasteiger partial charge in [-0.2, -0.15) is 5.10 Å². The van der Waals surface area contributed by atoms with E-state index in [9.17, 15) is 20.0 Å². The van der Waals surface area contributed by atoms with Crippen molar-refractivity contribution in [2.24, 2.45) is 15.8 Å². The number of carbonyl (C=O) groups excluding carboxylic acids is 1. The van der Waals surface area contributed by atoms with Crippen molar-refractivity contribution in [3.05, 3.63) is 74.6 Å². The second-order valence-electron chi connectivity index (χ2n) is 5.62. The molecule has 3 aromatic rings. The Morgan fingerprint density at radius 2 is 2.21 bits per heavy atom. The molecule has 29 heavy (non-hydrogen) atoms. The second kappa shape index (κ2) is 8.35. The molecule has 11 heteroatoms. The fourth-order valence-corrected chi connectivity index (χ4v) is 3.22. The molecule has 148 valence electrons. The lowest BCUT2D eigenvalue weighted by atomic mass is 10.1. The van der Waals surface area contributed by atoms with Gasteiger partial charge in [-0.15, -0.1) is 17.9 Å². The van der Waals surface area contributed by atoms with Crippen molar-refractivity contribution in [3.63, 3.8) is 0 Å². The van der Waals surface area contributed by atoms with Crippen LogP contribution in [0.1, 0.15) is 16.1 Å². The van der Waals surface area contributed by atoms with Crippen LogP contribution >= 0.6 is 11.3 Å². The van der Waals surface area contributed by atoms with E-state index in [0.717, 1.165) is 0 Å². The number of nitrogens with zero attached hydrogens (tertiary/aromatic N) is 4. The lowest BCUT2D eigenvalue weighted by Gasteiger charge is -2.06. The van der Waals surface area contributed by atoms with Crippen molar-refractivity contribution in [2.45, 2.75) is 0 Å². The van der Waals surface area contributed by atoms with E-state index in [-0.39, 0.29) is 17.1 Å². The maximum Gasteiger partial charge on any atom is 0.433 e. The minimum Gasteiger partial charge on any atom is -0.507 e. The van der Waals surface area contributed by atoms with E-state index in [0.29, 0.717) is 22.6 Å². The molecule has 0 aliphatic heterocycles. The first kappa shape index (κ1) is 19.8. The Hall–Kier alpha value is -3.99. The van der Waals surface area contributed by atoms with E-state index in [2.05, 4.69) is 16.7 Å². The summed E-state index contributed by atoms with van der Waals surface area (Å²) in [5.74, 6) is -1.22. The first-order valence-corrected chi connectivity index (χ1v) is 9.02. The molecule has 0 saturated carbocycles. The lowest BCUT2D eigenvalue weighted by Crippen LogP contribution is -2.13. The number of nitro groups is 1. The molecule has 1 aromatic carbocycles. The van der Waals surface area contributed by atoms with Crippen LogP contribution in [0, 0.1) is 10.1 Å². The van der Waals surface area contributed by atoms with Crippen molar-refractivity contribution in [3.8, 4) is 17.0 Å². The maximum atomic E-state index is 11.5. The third-order valence-electron chi connectivity index (χ3n) is 3.69. The zero-order valence-electron chi connectivity index (χ0n) is 14.9. The van der Waals surface area contributed by atoms with Crippen molar-refractivity contribution in [2.75, 3.05) is 6.54 Å². The smallest absolute Gasteiger partial charge is 0.433 e. The molecular weight excluding hydrogens is 398 g/mol. The molecule has 0 fully saturated rings. The van der Waals surface area contributed by atoms with Crippen LogP contribution in [-0.4, -0.2) is 33.4 Å². The van der Waals surface area contributed by atoms with Gasteiger partial charge in [0, 0.05) is 10.9 Å². The summed E-state index contributed by atoms with van der Waals surface area (Å²) in [6.45, 7) is 3.98. The number of hydrogen-bond donors (Lipinski definition) is 2. The van der Waals surface area contributed by atoms with Crippen LogP contribution in [0.3, 0.4) is 0 Å². The molecule has 3 rings (SSSR count). The molecule has 2 heterocycles. The number of benzene rings is 1. The summed E-state index contributed by atoms with van der Waals surface area (Å²) in [7, 11) is 0. The van der Waals surface area contributed by atoms with Gasteiger partial charge in [0.2, 0.25) is 4.80 Å². The number of phenols is 1. The van der Waals surface area contributed by atoms with Gasteiger partial charge < -0.3 is 15.3 Å². The van der Waals surface area contributed by atoms with Gasteiger partial charge in [-0.05, 0) is 24.3 Å². The number of amides is 1. The predicted octanol–water partition coefficient (Wildman–Crippen LogP) is 2.49.